The summed E-state index contributed by atoms with van der Waals surface area (Å²) in [6, 6.07) is 12.0. The van der Waals surface area contributed by atoms with Gasteiger partial charge in [-0.25, -0.2) is 0 Å². The lowest BCUT2D eigenvalue weighted by Crippen LogP contribution is -2.48. The third-order valence-electron chi connectivity index (χ3n) is 5.04. The number of likely N-dealkylation sites (tertiary alicyclic amines) is 1. The van der Waals surface area contributed by atoms with Crippen LogP contribution in [0.15, 0.2) is 54.6 Å². The highest BCUT2D eigenvalue weighted by Gasteiger charge is 2.33. The summed E-state index contributed by atoms with van der Waals surface area (Å²) in [7, 11) is 0. The fourth-order valence-corrected chi connectivity index (χ4v) is 3.69. The third-order valence-corrected chi connectivity index (χ3v) is 5.37. The van der Waals surface area contributed by atoms with Crippen LogP contribution in [0.5, 0.6) is 0 Å². The minimum atomic E-state index is -4.59. The normalized spacial score (nSPS) is 15.3. The van der Waals surface area contributed by atoms with E-state index in [1.807, 2.05) is 30.3 Å². The summed E-state index contributed by atoms with van der Waals surface area (Å²) in [6.45, 7) is 1.31. The van der Waals surface area contributed by atoms with Crippen molar-refractivity contribution >= 4 is 29.5 Å². The highest BCUT2D eigenvalue weighted by molar-refractivity contribution is 6.31. The number of carbonyl (C=O) groups excluding carboxylic acids is 2. The molecule has 0 spiro atoms. The fourth-order valence-electron chi connectivity index (χ4n) is 3.46. The van der Waals surface area contributed by atoms with Gasteiger partial charge in [0.25, 0.3) is 0 Å². The fraction of sp³-hybridized carbons (Fsp3) is 0.304. The molecule has 1 atom stereocenters. The number of halogens is 4. The van der Waals surface area contributed by atoms with Crippen LogP contribution in [0.1, 0.15) is 29.5 Å². The van der Waals surface area contributed by atoms with Crippen LogP contribution in [-0.2, 0) is 22.2 Å². The molecule has 1 saturated heterocycles. The molecule has 0 aliphatic carbocycles. The summed E-state index contributed by atoms with van der Waals surface area (Å²) in [5.41, 5.74) is 0.108. The molecule has 1 aliphatic rings. The highest BCUT2D eigenvalue weighted by atomic mass is 35.5. The maximum atomic E-state index is 13.0. The van der Waals surface area contributed by atoms with Gasteiger partial charge in [-0.1, -0.05) is 48.0 Å². The molecule has 1 fully saturated rings. The lowest BCUT2D eigenvalue weighted by molar-refractivity contribution is -0.137. The van der Waals surface area contributed by atoms with Gasteiger partial charge < -0.3 is 10.2 Å². The second kappa shape index (κ2) is 10.0. The quantitative estimate of drug-likeness (QED) is 0.647. The van der Waals surface area contributed by atoms with Crippen LogP contribution < -0.4 is 5.32 Å². The Morgan fingerprint density at radius 1 is 1.10 bits per heavy atom. The minimum Gasteiger partial charge on any atom is -0.341 e. The molecule has 1 aliphatic heterocycles. The molecule has 8 heteroatoms. The van der Waals surface area contributed by atoms with Gasteiger partial charge in [0.1, 0.15) is 6.04 Å². The van der Waals surface area contributed by atoms with E-state index >= 15 is 0 Å². The highest BCUT2D eigenvalue weighted by Crippen LogP contribution is 2.35. The van der Waals surface area contributed by atoms with Gasteiger partial charge in [-0.15, -0.1) is 0 Å². The van der Waals surface area contributed by atoms with E-state index in [4.69, 9.17) is 11.6 Å². The Bertz CT molecular complexity index is 955. The number of alkyl halides is 3. The molecule has 0 bridgehead atoms. The molecule has 1 N–H and O–H groups in total. The molecule has 3 rings (SSSR count). The minimum absolute atomic E-state index is 0.158. The number of nitrogens with one attached hydrogen (secondary N) is 1. The average Bonchev–Trinajstić information content (AvgIpc) is 3.27. The average molecular weight is 451 g/mol. The Labute approximate surface area is 183 Å². The van der Waals surface area contributed by atoms with Crippen LogP contribution in [-0.4, -0.2) is 35.8 Å². The lowest BCUT2D eigenvalue weighted by Gasteiger charge is -2.23. The first-order valence-electron chi connectivity index (χ1n) is 9.92. The zero-order valence-corrected chi connectivity index (χ0v) is 17.4. The van der Waals surface area contributed by atoms with Crippen molar-refractivity contribution in [1.82, 2.24) is 10.2 Å². The molecule has 0 aromatic heterocycles. The van der Waals surface area contributed by atoms with Crippen molar-refractivity contribution in [3.8, 4) is 0 Å². The van der Waals surface area contributed by atoms with Crippen molar-refractivity contribution in [3.63, 3.8) is 0 Å². The third kappa shape index (κ3) is 6.34. The number of amides is 2. The monoisotopic (exact) mass is 450 g/mol. The van der Waals surface area contributed by atoms with Crippen molar-refractivity contribution in [3.05, 3.63) is 76.3 Å². The van der Waals surface area contributed by atoms with Crippen LogP contribution in [0, 0.1) is 0 Å². The van der Waals surface area contributed by atoms with Gasteiger partial charge in [0.05, 0.1) is 10.6 Å². The van der Waals surface area contributed by atoms with Crippen LogP contribution in [0.4, 0.5) is 13.2 Å². The van der Waals surface area contributed by atoms with E-state index in [1.54, 1.807) is 4.90 Å². The SMILES string of the molecule is O=C(/C=C/c1ccc(Cl)c(C(F)(F)F)c1)NC(Cc1ccccc1)C(=O)N1CCCC1. The number of benzene rings is 2. The van der Waals surface area contributed by atoms with E-state index in [2.05, 4.69) is 5.32 Å². The predicted octanol–water partition coefficient (Wildman–Crippen LogP) is 4.72. The molecule has 0 radical (unpaired) electrons. The Hall–Kier alpha value is -2.80. The lowest BCUT2D eigenvalue weighted by atomic mass is 10.0. The van der Waals surface area contributed by atoms with Crippen molar-refractivity contribution < 1.29 is 22.8 Å². The zero-order chi connectivity index (χ0) is 22.4. The van der Waals surface area contributed by atoms with Crippen LogP contribution in [0.25, 0.3) is 6.08 Å². The van der Waals surface area contributed by atoms with Crippen molar-refractivity contribution in [2.45, 2.75) is 31.5 Å². The number of nitrogens with zero attached hydrogens (tertiary/aromatic N) is 1. The van der Waals surface area contributed by atoms with Crippen LogP contribution in [0.3, 0.4) is 0 Å². The molecule has 1 heterocycles. The van der Waals surface area contributed by atoms with Crippen molar-refractivity contribution in [2.24, 2.45) is 0 Å². The van der Waals surface area contributed by atoms with Gasteiger partial charge in [0.2, 0.25) is 11.8 Å². The molecule has 31 heavy (non-hydrogen) atoms. The molecule has 4 nitrogen and oxygen atoms in total. The van der Waals surface area contributed by atoms with E-state index in [0.29, 0.717) is 19.5 Å². The predicted molar refractivity (Wildman–Crippen MR) is 113 cm³/mol. The Morgan fingerprint density at radius 2 is 1.77 bits per heavy atom. The molecule has 0 saturated carbocycles. The van der Waals surface area contributed by atoms with E-state index in [1.165, 1.54) is 12.1 Å². The summed E-state index contributed by atoms with van der Waals surface area (Å²) in [4.78, 5) is 27.1. The Balaban J connectivity index is 1.73. The molecular weight excluding hydrogens is 429 g/mol. The molecule has 2 aromatic carbocycles. The number of carbonyl (C=O) groups is 2. The summed E-state index contributed by atoms with van der Waals surface area (Å²) in [5, 5.41) is 2.29. The zero-order valence-electron chi connectivity index (χ0n) is 16.7. The second-order valence-corrected chi connectivity index (χ2v) is 7.76. The largest absolute Gasteiger partial charge is 0.417 e. The summed E-state index contributed by atoms with van der Waals surface area (Å²) < 4.78 is 39.0. The summed E-state index contributed by atoms with van der Waals surface area (Å²) in [6.07, 6.45) is -0.0218. The molecule has 164 valence electrons. The van der Waals surface area contributed by atoms with Crippen molar-refractivity contribution in [1.29, 1.82) is 0 Å². The molecule has 1 unspecified atom stereocenters. The van der Waals surface area contributed by atoms with E-state index in [-0.39, 0.29) is 11.5 Å². The number of rotatable bonds is 6. The molecular formula is C23H22ClF3N2O2. The summed E-state index contributed by atoms with van der Waals surface area (Å²) in [5.74, 6) is -0.717. The van der Waals surface area contributed by atoms with Gasteiger partial charge in [-0.3, -0.25) is 9.59 Å². The van der Waals surface area contributed by atoms with E-state index < -0.39 is 28.7 Å². The standard InChI is InChI=1S/C23H22ClF3N2O2/c24-19-10-8-17(14-18(19)23(25,26)27)9-11-21(30)28-20(15-16-6-2-1-3-7-16)22(31)29-12-4-5-13-29/h1-3,6-11,14,20H,4-5,12-13,15H2,(H,28,30)/b11-9+. The number of hydrogen-bond acceptors (Lipinski definition) is 2. The van der Waals surface area contributed by atoms with Gasteiger partial charge in [-0.2, -0.15) is 13.2 Å². The van der Waals surface area contributed by atoms with Crippen molar-refractivity contribution in [2.75, 3.05) is 13.1 Å². The smallest absolute Gasteiger partial charge is 0.341 e. The molecule has 2 aromatic rings. The Morgan fingerprint density at radius 3 is 2.42 bits per heavy atom. The van der Waals surface area contributed by atoms with Crippen LogP contribution >= 0.6 is 11.6 Å². The first-order valence-corrected chi connectivity index (χ1v) is 10.3. The van der Waals surface area contributed by atoms with Gasteiger partial charge in [0.15, 0.2) is 0 Å². The second-order valence-electron chi connectivity index (χ2n) is 7.35. The first-order chi connectivity index (χ1) is 14.7. The topological polar surface area (TPSA) is 49.4 Å². The van der Waals surface area contributed by atoms with E-state index in [0.717, 1.165) is 36.6 Å². The van der Waals surface area contributed by atoms with Crippen LogP contribution in [0.2, 0.25) is 5.02 Å². The van der Waals surface area contributed by atoms with Gasteiger partial charge >= 0.3 is 6.18 Å². The van der Waals surface area contributed by atoms with Gasteiger partial charge in [-0.05, 0) is 42.2 Å². The maximum Gasteiger partial charge on any atom is 0.417 e. The maximum absolute atomic E-state index is 13.0. The van der Waals surface area contributed by atoms with Gasteiger partial charge in [0, 0.05) is 25.6 Å². The summed E-state index contributed by atoms with van der Waals surface area (Å²) >= 11 is 5.62. The number of hydrogen-bond donors (Lipinski definition) is 1. The first kappa shape index (κ1) is 22.9. The molecule has 2 amide bonds. The Kier molecular flexibility index (Phi) is 7.38. The van der Waals surface area contributed by atoms with E-state index in [9.17, 15) is 22.8 Å².